The maximum Gasteiger partial charge on any atom is 0.143 e. The molecular formula is C21H22N6S. The van der Waals surface area contributed by atoms with Crippen LogP contribution in [-0.4, -0.2) is 51.2 Å². The van der Waals surface area contributed by atoms with E-state index in [1.165, 1.54) is 10.6 Å². The highest BCUT2D eigenvalue weighted by atomic mass is 32.1. The predicted molar refractivity (Wildman–Crippen MR) is 114 cm³/mol. The second-order valence-corrected chi connectivity index (χ2v) is 8.24. The Morgan fingerprint density at radius 1 is 1.07 bits per heavy atom. The van der Waals surface area contributed by atoms with Crippen molar-refractivity contribution in [1.29, 1.82) is 0 Å². The lowest BCUT2D eigenvalue weighted by atomic mass is 10.2. The molecule has 5 rings (SSSR count). The second kappa shape index (κ2) is 7.33. The standard InChI is InChI=1S/C21H22N6S/c1-15-17(12-23-25-15)19-11-18-20(28-19)13-22-21(24-18)14-26-7-9-27(10-8-26)16-5-3-2-4-6-16/h2-6,11-13H,7-10,14H2,1H3,(H,23,25). The average molecular weight is 391 g/mol. The lowest BCUT2D eigenvalue weighted by Crippen LogP contribution is -2.46. The molecule has 142 valence electrons. The van der Waals surface area contributed by atoms with Gasteiger partial charge in [-0.15, -0.1) is 11.3 Å². The molecule has 1 saturated heterocycles. The summed E-state index contributed by atoms with van der Waals surface area (Å²) >= 11 is 1.72. The Morgan fingerprint density at radius 2 is 1.89 bits per heavy atom. The van der Waals surface area contributed by atoms with Crippen LogP contribution in [-0.2, 0) is 6.54 Å². The number of anilines is 1. The van der Waals surface area contributed by atoms with Crippen LogP contribution in [0.1, 0.15) is 11.5 Å². The minimum Gasteiger partial charge on any atom is -0.369 e. The number of fused-ring (bicyclic) bond motifs is 1. The van der Waals surface area contributed by atoms with Gasteiger partial charge >= 0.3 is 0 Å². The number of nitrogens with one attached hydrogen (secondary N) is 1. The normalized spacial score (nSPS) is 15.4. The highest BCUT2D eigenvalue weighted by Crippen LogP contribution is 2.33. The van der Waals surface area contributed by atoms with E-state index >= 15 is 0 Å². The molecule has 0 radical (unpaired) electrons. The van der Waals surface area contributed by atoms with Gasteiger partial charge < -0.3 is 4.90 Å². The molecule has 3 aromatic heterocycles. The molecule has 7 heteroatoms. The minimum atomic E-state index is 0.800. The molecule has 0 saturated carbocycles. The molecule has 1 aliphatic heterocycles. The molecular weight excluding hydrogens is 368 g/mol. The van der Waals surface area contributed by atoms with Crippen molar-refractivity contribution >= 4 is 27.2 Å². The first kappa shape index (κ1) is 17.3. The van der Waals surface area contributed by atoms with E-state index in [0.717, 1.165) is 60.0 Å². The van der Waals surface area contributed by atoms with Gasteiger partial charge in [0.1, 0.15) is 5.82 Å². The molecule has 1 aliphatic rings. The summed E-state index contributed by atoms with van der Waals surface area (Å²) in [5, 5.41) is 7.13. The quantitative estimate of drug-likeness (QED) is 0.576. The van der Waals surface area contributed by atoms with E-state index in [0.29, 0.717) is 0 Å². The van der Waals surface area contributed by atoms with Gasteiger partial charge in [0, 0.05) is 54.2 Å². The number of rotatable bonds is 4. The summed E-state index contributed by atoms with van der Waals surface area (Å²) in [6.07, 6.45) is 3.84. The molecule has 0 aliphatic carbocycles. The smallest absolute Gasteiger partial charge is 0.143 e. The number of H-pyrrole nitrogens is 1. The van der Waals surface area contributed by atoms with Gasteiger partial charge in [0.25, 0.3) is 0 Å². The summed E-state index contributed by atoms with van der Waals surface area (Å²) in [6, 6.07) is 12.8. The molecule has 4 aromatic rings. The van der Waals surface area contributed by atoms with Crippen LogP contribution in [0.5, 0.6) is 0 Å². The maximum absolute atomic E-state index is 4.82. The van der Waals surface area contributed by atoms with Crippen LogP contribution in [0.25, 0.3) is 20.7 Å². The number of hydrogen-bond donors (Lipinski definition) is 1. The maximum atomic E-state index is 4.82. The van der Waals surface area contributed by atoms with Gasteiger partial charge in [0.15, 0.2) is 0 Å². The number of aryl methyl sites for hydroxylation is 1. The second-order valence-electron chi connectivity index (χ2n) is 7.15. The number of aromatic amines is 1. The van der Waals surface area contributed by atoms with Crippen molar-refractivity contribution < 1.29 is 0 Å². The number of hydrogen-bond acceptors (Lipinski definition) is 6. The zero-order valence-corrected chi connectivity index (χ0v) is 16.6. The number of para-hydroxylation sites is 1. The zero-order valence-electron chi connectivity index (χ0n) is 15.8. The van der Waals surface area contributed by atoms with E-state index in [1.54, 1.807) is 11.3 Å². The lowest BCUT2D eigenvalue weighted by Gasteiger charge is -2.35. The van der Waals surface area contributed by atoms with Crippen molar-refractivity contribution in [3.05, 3.63) is 60.3 Å². The van der Waals surface area contributed by atoms with Crippen molar-refractivity contribution in [1.82, 2.24) is 25.1 Å². The SMILES string of the molecule is Cc1[nH]ncc1-c1cc2nc(CN3CCN(c4ccccc4)CC3)ncc2s1. The van der Waals surface area contributed by atoms with E-state index < -0.39 is 0 Å². The van der Waals surface area contributed by atoms with Crippen molar-refractivity contribution in [2.75, 3.05) is 31.1 Å². The van der Waals surface area contributed by atoms with Crippen LogP contribution >= 0.6 is 11.3 Å². The fourth-order valence-electron chi connectivity index (χ4n) is 3.69. The Morgan fingerprint density at radius 3 is 2.64 bits per heavy atom. The fraction of sp³-hybridized carbons (Fsp3) is 0.286. The van der Waals surface area contributed by atoms with Gasteiger partial charge in [-0.3, -0.25) is 10.00 Å². The zero-order chi connectivity index (χ0) is 18.9. The summed E-state index contributed by atoms with van der Waals surface area (Å²) in [4.78, 5) is 15.5. The number of thiophene rings is 1. The third-order valence-electron chi connectivity index (χ3n) is 5.27. The number of benzene rings is 1. The Kier molecular flexibility index (Phi) is 4.54. The van der Waals surface area contributed by atoms with Crippen LogP contribution in [0.2, 0.25) is 0 Å². The summed E-state index contributed by atoms with van der Waals surface area (Å²) in [7, 11) is 0. The van der Waals surface area contributed by atoms with E-state index in [2.05, 4.69) is 61.4 Å². The molecule has 1 fully saturated rings. The van der Waals surface area contributed by atoms with Gasteiger partial charge in [-0.1, -0.05) is 18.2 Å². The van der Waals surface area contributed by atoms with Gasteiger partial charge in [-0.05, 0) is 25.1 Å². The first-order valence-electron chi connectivity index (χ1n) is 9.54. The largest absolute Gasteiger partial charge is 0.369 e. The summed E-state index contributed by atoms with van der Waals surface area (Å²) < 4.78 is 1.12. The van der Waals surface area contributed by atoms with Crippen LogP contribution in [0.3, 0.4) is 0 Å². The van der Waals surface area contributed by atoms with Gasteiger partial charge in [-0.2, -0.15) is 5.10 Å². The Balaban J connectivity index is 1.28. The number of aromatic nitrogens is 4. The molecule has 0 amide bonds. The molecule has 1 aromatic carbocycles. The van der Waals surface area contributed by atoms with E-state index in [9.17, 15) is 0 Å². The van der Waals surface area contributed by atoms with Crippen molar-refractivity contribution in [3.8, 4) is 10.4 Å². The molecule has 1 N–H and O–H groups in total. The molecule has 0 spiro atoms. The van der Waals surface area contributed by atoms with Crippen LogP contribution in [0.15, 0.2) is 48.8 Å². The molecule has 0 unspecified atom stereocenters. The lowest BCUT2D eigenvalue weighted by molar-refractivity contribution is 0.244. The Hall–Kier alpha value is -2.77. The highest BCUT2D eigenvalue weighted by molar-refractivity contribution is 7.22. The summed E-state index contributed by atoms with van der Waals surface area (Å²) in [6.45, 7) is 6.97. The third-order valence-corrected chi connectivity index (χ3v) is 6.37. The first-order valence-corrected chi connectivity index (χ1v) is 10.4. The fourth-order valence-corrected chi connectivity index (χ4v) is 4.73. The van der Waals surface area contributed by atoms with Gasteiger partial charge in [-0.25, -0.2) is 9.97 Å². The number of nitrogens with zero attached hydrogens (tertiary/aromatic N) is 5. The van der Waals surface area contributed by atoms with Crippen LogP contribution in [0, 0.1) is 6.92 Å². The highest BCUT2D eigenvalue weighted by Gasteiger charge is 2.18. The van der Waals surface area contributed by atoms with Crippen LogP contribution < -0.4 is 4.90 Å². The summed E-state index contributed by atoms with van der Waals surface area (Å²) in [5.41, 5.74) is 4.55. The van der Waals surface area contributed by atoms with E-state index in [-0.39, 0.29) is 0 Å². The first-order chi connectivity index (χ1) is 13.8. The molecule has 0 bridgehead atoms. The molecule has 0 atom stereocenters. The van der Waals surface area contributed by atoms with Gasteiger partial charge in [0.2, 0.25) is 0 Å². The third kappa shape index (κ3) is 3.39. The average Bonchev–Trinajstić information content (AvgIpc) is 3.34. The predicted octanol–water partition coefficient (Wildman–Crippen LogP) is 3.71. The monoisotopic (exact) mass is 390 g/mol. The van der Waals surface area contributed by atoms with Crippen molar-refractivity contribution in [3.63, 3.8) is 0 Å². The van der Waals surface area contributed by atoms with Crippen molar-refractivity contribution in [2.24, 2.45) is 0 Å². The van der Waals surface area contributed by atoms with Crippen molar-refractivity contribution in [2.45, 2.75) is 13.5 Å². The van der Waals surface area contributed by atoms with Gasteiger partial charge in [0.05, 0.1) is 23.0 Å². The van der Waals surface area contributed by atoms with E-state index in [1.807, 2.05) is 19.3 Å². The number of piperazine rings is 1. The summed E-state index contributed by atoms with van der Waals surface area (Å²) in [5.74, 6) is 0.897. The van der Waals surface area contributed by atoms with Crippen LogP contribution in [0.4, 0.5) is 5.69 Å². The minimum absolute atomic E-state index is 0.800. The topological polar surface area (TPSA) is 60.9 Å². The Labute approximate surface area is 167 Å². The Bertz CT molecular complexity index is 1080. The molecule has 4 heterocycles. The molecule has 28 heavy (non-hydrogen) atoms. The van der Waals surface area contributed by atoms with E-state index in [4.69, 9.17) is 4.98 Å². The molecule has 6 nitrogen and oxygen atoms in total.